The molecule has 0 aromatic heterocycles. The first-order valence-corrected chi connectivity index (χ1v) is 6.95. The van der Waals surface area contributed by atoms with Gasteiger partial charge >= 0.3 is 0 Å². The zero-order valence-corrected chi connectivity index (χ0v) is 11.9. The topological polar surface area (TPSA) is 38.8 Å². The molecule has 0 bridgehead atoms. The van der Waals surface area contributed by atoms with Crippen LogP contribution in [0.15, 0.2) is 12.1 Å². The number of hydrogen-bond donors (Lipinski definition) is 0. The third kappa shape index (κ3) is 1.71. The maximum absolute atomic E-state index is 12.6. The average molecular weight is 302 g/mol. The number of benzene rings is 1. The van der Waals surface area contributed by atoms with Gasteiger partial charge in [0, 0.05) is 12.1 Å². The van der Waals surface area contributed by atoms with Crippen molar-refractivity contribution in [2.75, 3.05) is 24.7 Å². The highest BCUT2D eigenvalue weighted by atomic mass is 35.5. The van der Waals surface area contributed by atoms with Crippen LogP contribution < -0.4 is 4.90 Å². The Kier molecular flexibility index (Phi) is 3.21. The number of ether oxygens (including phenoxy) is 2. The molecule has 2 aliphatic rings. The van der Waals surface area contributed by atoms with Crippen molar-refractivity contribution >= 4 is 34.8 Å². The van der Waals surface area contributed by atoms with Crippen molar-refractivity contribution in [1.82, 2.24) is 0 Å². The Bertz CT molecular complexity index is 541. The fraction of sp³-hybridized carbons (Fsp3) is 0.462. The van der Waals surface area contributed by atoms with Crippen LogP contribution in [0.1, 0.15) is 18.9 Å². The molecular weight excluding hydrogens is 289 g/mol. The van der Waals surface area contributed by atoms with E-state index in [-0.39, 0.29) is 5.91 Å². The zero-order chi connectivity index (χ0) is 13.6. The van der Waals surface area contributed by atoms with E-state index in [0.29, 0.717) is 41.1 Å². The van der Waals surface area contributed by atoms with Gasteiger partial charge < -0.3 is 14.4 Å². The summed E-state index contributed by atoms with van der Waals surface area (Å²) in [6.45, 7) is 3.34. The number of carbonyl (C=O) groups excluding carboxylic acids is 1. The molecule has 1 amide bonds. The minimum absolute atomic E-state index is 0.228. The second-order valence-corrected chi connectivity index (χ2v) is 5.26. The average Bonchev–Trinajstić information content (AvgIpc) is 2.66. The summed E-state index contributed by atoms with van der Waals surface area (Å²) in [5.41, 5.74) is 1.25. The Hall–Kier alpha value is -0.810. The molecule has 1 aromatic carbocycles. The minimum Gasteiger partial charge on any atom is -0.338 e. The lowest BCUT2D eigenvalue weighted by Gasteiger charge is -2.32. The van der Waals surface area contributed by atoms with Gasteiger partial charge in [0.05, 0.1) is 28.9 Å². The summed E-state index contributed by atoms with van der Waals surface area (Å²) in [6.07, 6.45) is 0.776. The maximum atomic E-state index is 12.6. The molecule has 19 heavy (non-hydrogen) atoms. The lowest BCUT2D eigenvalue weighted by atomic mass is 10.1. The van der Waals surface area contributed by atoms with Crippen molar-refractivity contribution in [2.24, 2.45) is 0 Å². The number of rotatable bonds is 1. The summed E-state index contributed by atoms with van der Waals surface area (Å²) in [5.74, 6) is -1.56. The predicted octanol–water partition coefficient (Wildman–Crippen LogP) is 2.95. The maximum Gasteiger partial charge on any atom is 0.292 e. The zero-order valence-electron chi connectivity index (χ0n) is 10.4. The van der Waals surface area contributed by atoms with Crippen molar-refractivity contribution < 1.29 is 14.3 Å². The van der Waals surface area contributed by atoms with Crippen LogP contribution in [0.2, 0.25) is 10.0 Å². The van der Waals surface area contributed by atoms with Crippen molar-refractivity contribution in [2.45, 2.75) is 19.1 Å². The van der Waals surface area contributed by atoms with Crippen LogP contribution in [0.3, 0.4) is 0 Å². The van der Waals surface area contributed by atoms with E-state index in [1.807, 2.05) is 6.92 Å². The van der Waals surface area contributed by atoms with E-state index >= 15 is 0 Å². The number of halogens is 2. The highest BCUT2D eigenvalue weighted by Crippen LogP contribution is 2.49. The van der Waals surface area contributed by atoms with Crippen molar-refractivity contribution in [3.63, 3.8) is 0 Å². The number of nitrogens with zero attached hydrogens (tertiary/aromatic N) is 1. The molecule has 0 radical (unpaired) electrons. The lowest BCUT2D eigenvalue weighted by Crippen LogP contribution is -2.47. The Morgan fingerprint density at radius 3 is 2.63 bits per heavy atom. The van der Waals surface area contributed by atoms with E-state index in [4.69, 9.17) is 32.7 Å². The molecule has 1 fully saturated rings. The summed E-state index contributed by atoms with van der Waals surface area (Å²) in [5, 5.41) is 0.781. The quantitative estimate of drug-likeness (QED) is 0.800. The molecule has 2 heterocycles. The van der Waals surface area contributed by atoms with Gasteiger partial charge in [0.25, 0.3) is 11.7 Å². The predicted molar refractivity (Wildman–Crippen MR) is 72.7 cm³/mol. The number of anilines is 1. The van der Waals surface area contributed by atoms with Crippen LogP contribution in [0, 0.1) is 0 Å². The van der Waals surface area contributed by atoms with Crippen molar-refractivity contribution in [3.05, 3.63) is 27.7 Å². The van der Waals surface area contributed by atoms with Gasteiger partial charge in [0.1, 0.15) is 0 Å². The first kappa shape index (κ1) is 13.2. The first-order chi connectivity index (χ1) is 9.12. The molecule has 0 unspecified atom stereocenters. The normalized spacial score (nSPS) is 21.0. The third-order valence-corrected chi connectivity index (χ3v) is 4.23. The Morgan fingerprint density at radius 1 is 1.32 bits per heavy atom. The fourth-order valence-electron chi connectivity index (χ4n) is 2.58. The fourth-order valence-corrected chi connectivity index (χ4v) is 3.00. The lowest BCUT2D eigenvalue weighted by molar-refractivity contribution is -0.256. The summed E-state index contributed by atoms with van der Waals surface area (Å²) in [4.78, 5) is 14.2. The molecule has 4 nitrogen and oxygen atoms in total. The van der Waals surface area contributed by atoms with Gasteiger partial charge in [-0.1, -0.05) is 23.2 Å². The largest absolute Gasteiger partial charge is 0.338 e. The van der Waals surface area contributed by atoms with E-state index in [1.54, 1.807) is 17.0 Å². The highest BCUT2D eigenvalue weighted by molar-refractivity contribution is 6.44. The number of fused-ring (bicyclic) bond motifs is 2. The van der Waals surface area contributed by atoms with E-state index in [9.17, 15) is 4.79 Å². The van der Waals surface area contributed by atoms with Gasteiger partial charge in [-0.15, -0.1) is 0 Å². The summed E-state index contributed by atoms with van der Waals surface area (Å²) >= 11 is 12.3. The molecule has 1 aromatic rings. The number of carbonyl (C=O) groups is 1. The minimum atomic E-state index is -1.34. The summed E-state index contributed by atoms with van der Waals surface area (Å²) < 4.78 is 11.4. The SMILES string of the molecule is CCN1C(=O)C2(OCCCO2)c2ccc(Cl)c(Cl)c21. The molecule has 0 saturated carbocycles. The van der Waals surface area contributed by atoms with E-state index in [1.165, 1.54) is 0 Å². The second-order valence-electron chi connectivity index (χ2n) is 4.47. The highest BCUT2D eigenvalue weighted by Gasteiger charge is 2.55. The molecule has 1 spiro atoms. The Balaban J connectivity index is 2.22. The van der Waals surface area contributed by atoms with Crippen LogP contribution >= 0.6 is 23.2 Å². The molecule has 102 valence electrons. The molecule has 0 atom stereocenters. The van der Waals surface area contributed by atoms with Gasteiger partial charge in [-0.3, -0.25) is 4.79 Å². The van der Waals surface area contributed by atoms with Crippen LogP contribution in [-0.4, -0.2) is 25.7 Å². The molecule has 6 heteroatoms. The van der Waals surface area contributed by atoms with Gasteiger partial charge in [-0.2, -0.15) is 0 Å². The van der Waals surface area contributed by atoms with Crippen LogP contribution in [-0.2, 0) is 20.1 Å². The smallest absolute Gasteiger partial charge is 0.292 e. The van der Waals surface area contributed by atoms with Gasteiger partial charge in [0.15, 0.2) is 0 Å². The summed E-state index contributed by atoms with van der Waals surface area (Å²) in [6, 6.07) is 3.42. The molecule has 1 saturated heterocycles. The second kappa shape index (κ2) is 4.63. The third-order valence-electron chi connectivity index (χ3n) is 3.44. The van der Waals surface area contributed by atoms with E-state index in [2.05, 4.69) is 0 Å². The molecule has 0 N–H and O–H groups in total. The standard InChI is InChI=1S/C13H13Cl2NO3/c1-2-16-11-8(4-5-9(14)10(11)15)13(12(16)17)18-6-3-7-19-13/h4-5H,2-3,6-7H2,1H3. The van der Waals surface area contributed by atoms with E-state index in [0.717, 1.165) is 6.42 Å². The number of hydrogen-bond acceptors (Lipinski definition) is 3. The summed E-state index contributed by atoms with van der Waals surface area (Å²) in [7, 11) is 0. The van der Waals surface area contributed by atoms with Gasteiger partial charge in [-0.25, -0.2) is 0 Å². The Morgan fingerprint density at radius 2 is 2.00 bits per heavy atom. The Labute approximate surface area is 121 Å². The van der Waals surface area contributed by atoms with Crippen molar-refractivity contribution in [3.8, 4) is 0 Å². The monoisotopic (exact) mass is 301 g/mol. The molecular formula is C13H13Cl2NO3. The first-order valence-electron chi connectivity index (χ1n) is 6.20. The number of likely N-dealkylation sites (N-methyl/N-ethyl adjacent to an activating group) is 1. The van der Waals surface area contributed by atoms with Crippen molar-refractivity contribution in [1.29, 1.82) is 0 Å². The van der Waals surface area contributed by atoms with Crippen LogP contribution in [0.25, 0.3) is 0 Å². The molecule has 2 aliphatic heterocycles. The van der Waals surface area contributed by atoms with E-state index < -0.39 is 5.79 Å². The molecule has 0 aliphatic carbocycles. The molecule has 3 rings (SSSR count). The van der Waals surface area contributed by atoms with Gasteiger partial charge in [-0.05, 0) is 25.5 Å². The number of amides is 1. The van der Waals surface area contributed by atoms with Crippen LogP contribution in [0.4, 0.5) is 5.69 Å². The van der Waals surface area contributed by atoms with Gasteiger partial charge in [0.2, 0.25) is 0 Å². The van der Waals surface area contributed by atoms with Crippen LogP contribution in [0.5, 0.6) is 0 Å².